The minimum Gasteiger partial charge on any atom is -0.436 e. The number of likely N-dealkylation sites (tertiary alicyclic amines) is 2. The molecule has 55 heavy (non-hydrogen) atoms. The molecule has 7 rings (SSSR count). The molecule has 4 amide bonds. The summed E-state index contributed by atoms with van der Waals surface area (Å²) in [4.78, 5) is 60.0. The Kier molecular flexibility index (Phi) is 11.3. The predicted octanol–water partition coefficient (Wildman–Crippen LogP) is 6.64. The molecule has 4 N–H and O–H groups in total. The molecule has 2 aliphatic heterocycles. The number of amides is 4. The molecule has 3 heterocycles. The van der Waals surface area contributed by atoms with Crippen LogP contribution in [0.15, 0.2) is 108 Å². The van der Waals surface area contributed by atoms with Crippen LogP contribution in [0.1, 0.15) is 49.0 Å². The van der Waals surface area contributed by atoms with Crippen LogP contribution in [0.25, 0.3) is 22.8 Å². The Bertz CT molecular complexity index is 2060. The van der Waals surface area contributed by atoms with Gasteiger partial charge < -0.3 is 35.1 Å². The third-order valence-electron chi connectivity index (χ3n) is 9.89. The van der Waals surface area contributed by atoms with Crippen molar-refractivity contribution in [2.75, 3.05) is 23.7 Å². The Morgan fingerprint density at radius 3 is 1.55 bits per heavy atom. The zero-order chi connectivity index (χ0) is 38.6. The molecule has 0 aliphatic carbocycles. The molecule has 12 nitrogen and oxygen atoms in total. The minimum absolute atomic E-state index is 0.276. The van der Waals surface area contributed by atoms with Crippen LogP contribution in [0.4, 0.5) is 11.4 Å². The Morgan fingerprint density at radius 2 is 1.09 bits per heavy atom. The van der Waals surface area contributed by atoms with Crippen LogP contribution in [0.5, 0.6) is 0 Å². The first-order chi connectivity index (χ1) is 26.6. The fourth-order valence-electron chi connectivity index (χ4n) is 6.99. The lowest BCUT2D eigenvalue weighted by Crippen LogP contribution is -2.45. The normalized spacial score (nSPS) is 17.8. The summed E-state index contributed by atoms with van der Waals surface area (Å²) in [6.45, 7) is 0.696. The van der Waals surface area contributed by atoms with Gasteiger partial charge in [0.15, 0.2) is 18.0 Å². The molecule has 4 atom stereocenters. The number of hydrogen-bond acceptors (Lipinski definition) is 8. The van der Waals surface area contributed by atoms with Gasteiger partial charge in [-0.05, 0) is 86.3 Å². The number of anilines is 2. The molecule has 5 aromatic rings. The quantitative estimate of drug-likeness (QED) is 0.122. The highest BCUT2D eigenvalue weighted by molar-refractivity contribution is 6.32. The number of carbonyl (C=O) groups is 4. The van der Waals surface area contributed by atoms with E-state index in [4.69, 9.17) is 27.6 Å². The molecule has 0 spiro atoms. The van der Waals surface area contributed by atoms with Crippen molar-refractivity contribution >= 4 is 58.2 Å². The number of aromatic nitrogens is 1. The summed E-state index contributed by atoms with van der Waals surface area (Å²) < 4.78 is 6.04. The SMILES string of the molecule is O=C(Nc1ccc(-c2cnc(-c3ccc(NC(=O)[C@@H]4CCCN4C(=O)[C@H](O)c4ccccc4Cl)cc3)o2)cc1)C1CCCN1C(=O)[C@H](O)c1ccccc1Cl. The number of carbonyl (C=O) groups excluding carboxylic acids is 4. The molecule has 1 aromatic heterocycles. The number of nitrogens with zero attached hydrogens (tertiary/aromatic N) is 3. The van der Waals surface area contributed by atoms with E-state index in [1.165, 1.54) is 9.80 Å². The second-order valence-corrected chi connectivity index (χ2v) is 14.2. The molecule has 2 aliphatic rings. The molecule has 4 aromatic carbocycles. The van der Waals surface area contributed by atoms with Gasteiger partial charge in [-0.15, -0.1) is 0 Å². The number of benzene rings is 4. The number of oxazole rings is 1. The maximum Gasteiger partial charge on any atom is 0.256 e. The van der Waals surface area contributed by atoms with Gasteiger partial charge in [-0.2, -0.15) is 0 Å². The monoisotopic (exact) mass is 781 g/mol. The summed E-state index contributed by atoms with van der Waals surface area (Å²) in [6, 6.07) is 25.6. The van der Waals surface area contributed by atoms with Gasteiger partial charge in [-0.25, -0.2) is 4.98 Å². The molecule has 2 fully saturated rings. The standard InChI is InChI=1S/C41H37Cl2N5O7/c42-30-9-3-1-7-28(30)35(49)40(53)47-21-5-11-32(47)37(51)45-26-17-13-24(14-18-26)34-23-44-39(55-34)25-15-19-27(20-16-25)46-38(52)33-12-6-22-48(33)41(54)36(50)29-8-2-4-10-31(29)43/h1-4,7-10,13-20,23,32-33,35-36,49-50H,5-6,11-12,21-22H2,(H,45,51)(H,46,52)/t32?,33-,35+,36+/m0/s1. The molecule has 282 valence electrons. The fraction of sp³-hybridized carbons (Fsp3) is 0.244. The molecule has 1 unspecified atom stereocenters. The number of halogens is 2. The second-order valence-electron chi connectivity index (χ2n) is 13.4. The molecule has 0 radical (unpaired) electrons. The van der Waals surface area contributed by atoms with E-state index in [0.717, 1.165) is 5.56 Å². The first-order valence-electron chi connectivity index (χ1n) is 17.8. The van der Waals surface area contributed by atoms with E-state index < -0.39 is 36.1 Å². The number of aliphatic hydroxyl groups is 2. The van der Waals surface area contributed by atoms with Crippen molar-refractivity contribution < 1.29 is 33.8 Å². The van der Waals surface area contributed by atoms with E-state index in [9.17, 15) is 29.4 Å². The molecule has 2 saturated heterocycles. The highest BCUT2D eigenvalue weighted by atomic mass is 35.5. The number of aliphatic hydroxyl groups excluding tert-OH is 2. The Balaban J connectivity index is 0.941. The zero-order valence-electron chi connectivity index (χ0n) is 29.4. The fourth-order valence-corrected chi connectivity index (χ4v) is 7.46. The van der Waals surface area contributed by atoms with E-state index in [2.05, 4.69) is 15.6 Å². The Labute approximate surface area is 326 Å². The van der Waals surface area contributed by atoms with Gasteiger partial charge in [0.05, 0.1) is 6.20 Å². The molecular weight excluding hydrogens is 745 g/mol. The van der Waals surface area contributed by atoms with Crippen molar-refractivity contribution in [3.8, 4) is 22.8 Å². The number of rotatable bonds is 10. The van der Waals surface area contributed by atoms with Crippen LogP contribution in [0.2, 0.25) is 10.0 Å². The zero-order valence-corrected chi connectivity index (χ0v) is 30.9. The number of nitrogens with one attached hydrogen (secondary N) is 2. The highest BCUT2D eigenvalue weighted by Crippen LogP contribution is 2.32. The smallest absolute Gasteiger partial charge is 0.256 e. The first kappa shape index (κ1) is 37.8. The van der Waals surface area contributed by atoms with Crippen LogP contribution in [0, 0.1) is 0 Å². The Morgan fingerprint density at radius 1 is 0.655 bits per heavy atom. The van der Waals surface area contributed by atoms with E-state index in [1.807, 2.05) is 0 Å². The predicted molar refractivity (Wildman–Crippen MR) is 207 cm³/mol. The maximum atomic E-state index is 13.3. The van der Waals surface area contributed by atoms with Gasteiger partial charge in [-0.1, -0.05) is 59.6 Å². The third kappa shape index (κ3) is 8.13. The van der Waals surface area contributed by atoms with Gasteiger partial charge in [0.2, 0.25) is 17.7 Å². The van der Waals surface area contributed by atoms with Crippen molar-refractivity contribution in [1.29, 1.82) is 0 Å². The minimum atomic E-state index is -1.47. The summed E-state index contributed by atoms with van der Waals surface area (Å²) in [5.41, 5.74) is 3.02. The lowest BCUT2D eigenvalue weighted by molar-refractivity contribution is -0.144. The summed E-state index contributed by atoms with van der Waals surface area (Å²) in [5.74, 6) is -1.00. The summed E-state index contributed by atoms with van der Waals surface area (Å²) >= 11 is 12.4. The van der Waals surface area contributed by atoms with Crippen molar-refractivity contribution in [3.63, 3.8) is 0 Å². The van der Waals surface area contributed by atoms with Crippen molar-refractivity contribution in [1.82, 2.24) is 14.8 Å². The second kappa shape index (κ2) is 16.5. The van der Waals surface area contributed by atoms with Gasteiger partial charge in [-0.3, -0.25) is 19.2 Å². The number of hydrogen-bond donors (Lipinski definition) is 4. The highest BCUT2D eigenvalue weighted by Gasteiger charge is 2.39. The van der Waals surface area contributed by atoms with Crippen LogP contribution < -0.4 is 10.6 Å². The first-order valence-corrected chi connectivity index (χ1v) is 18.6. The summed E-state index contributed by atoms with van der Waals surface area (Å²) in [6.07, 6.45) is 0.835. The van der Waals surface area contributed by atoms with Crippen molar-refractivity contribution in [3.05, 3.63) is 124 Å². The molecule has 14 heteroatoms. The van der Waals surface area contributed by atoms with Gasteiger partial charge in [0.1, 0.15) is 12.1 Å². The summed E-state index contributed by atoms with van der Waals surface area (Å²) in [7, 11) is 0. The van der Waals surface area contributed by atoms with Crippen LogP contribution in [0.3, 0.4) is 0 Å². The van der Waals surface area contributed by atoms with E-state index in [-0.39, 0.29) is 21.9 Å². The van der Waals surface area contributed by atoms with Gasteiger partial charge in [0, 0.05) is 56.8 Å². The van der Waals surface area contributed by atoms with Gasteiger partial charge >= 0.3 is 0 Å². The average molecular weight is 783 g/mol. The van der Waals surface area contributed by atoms with Crippen molar-refractivity contribution in [2.24, 2.45) is 0 Å². The topological polar surface area (TPSA) is 165 Å². The summed E-state index contributed by atoms with van der Waals surface area (Å²) in [5, 5.41) is 27.8. The molecule has 0 bridgehead atoms. The van der Waals surface area contributed by atoms with Crippen LogP contribution in [-0.4, -0.2) is 73.8 Å². The van der Waals surface area contributed by atoms with Gasteiger partial charge in [0.25, 0.3) is 11.8 Å². The van der Waals surface area contributed by atoms with Crippen LogP contribution in [-0.2, 0) is 19.2 Å². The Hall–Kier alpha value is -5.53. The van der Waals surface area contributed by atoms with E-state index >= 15 is 0 Å². The van der Waals surface area contributed by atoms with Crippen molar-refractivity contribution in [2.45, 2.75) is 50.0 Å². The molecular formula is C41H37Cl2N5O7. The largest absolute Gasteiger partial charge is 0.436 e. The van der Waals surface area contributed by atoms with E-state index in [1.54, 1.807) is 103 Å². The molecule has 0 saturated carbocycles. The average Bonchev–Trinajstić information content (AvgIpc) is 4.00. The maximum absolute atomic E-state index is 13.3. The van der Waals surface area contributed by atoms with Crippen LogP contribution >= 0.6 is 23.2 Å². The third-order valence-corrected chi connectivity index (χ3v) is 10.6. The van der Waals surface area contributed by atoms with E-state index in [0.29, 0.717) is 78.5 Å². The lowest BCUT2D eigenvalue weighted by atomic mass is 10.1. The lowest BCUT2D eigenvalue weighted by Gasteiger charge is -2.26.